The van der Waals surface area contributed by atoms with Crippen molar-refractivity contribution in [1.29, 1.82) is 0 Å². The lowest BCUT2D eigenvalue weighted by Crippen LogP contribution is -2.45. The molecule has 2 aromatic rings. The Balaban J connectivity index is 1.76. The SMILES string of the molecule is CCOC(=O)CS(=O)(=O)N(C)c1ccc(OC)c(CNC2CCCNC2c2ccccc2)c1. The fourth-order valence-corrected chi connectivity index (χ4v) is 5.08. The Morgan fingerprint density at radius 2 is 1.97 bits per heavy atom. The summed E-state index contributed by atoms with van der Waals surface area (Å²) in [6.07, 6.45) is 2.11. The summed E-state index contributed by atoms with van der Waals surface area (Å²) in [7, 11) is -0.837. The monoisotopic (exact) mass is 475 g/mol. The number of nitrogens with zero attached hydrogens (tertiary/aromatic N) is 1. The van der Waals surface area contributed by atoms with E-state index in [0.717, 1.165) is 29.3 Å². The Kier molecular flexibility index (Phi) is 8.71. The molecule has 0 saturated carbocycles. The maximum absolute atomic E-state index is 12.7. The number of rotatable bonds is 10. The van der Waals surface area contributed by atoms with Crippen LogP contribution < -0.4 is 19.7 Å². The number of nitrogens with one attached hydrogen (secondary N) is 2. The fourth-order valence-electron chi connectivity index (χ4n) is 4.07. The second-order valence-corrected chi connectivity index (χ2v) is 10.00. The van der Waals surface area contributed by atoms with E-state index in [1.807, 2.05) is 18.2 Å². The average Bonchev–Trinajstić information content (AvgIpc) is 2.82. The van der Waals surface area contributed by atoms with Gasteiger partial charge in [-0.05, 0) is 50.1 Å². The predicted molar refractivity (Wildman–Crippen MR) is 129 cm³/mol. The van der Waals surface area contributed by atoms with Crippen LogP contribution in [0.2, 0.25) is 0 Å². The summed E-state index contributed by atoms with van der Waals surface area (Å²) in [5.74, 6) is -0.803. The highest BCUT2D eigenvalue weighted by molar-refractivity contribution is 7.93. The molecule has 9 heteroatoms. The van der Waals surface area contributed by atoms with Crippen LogP contribution in [0.5, 0.6) is 5.75 Å². The quantitative estimate of drug-likeness (QED) is 0.510. The maximum Gasteiger partial charge on any atom is 0.323 e. The van der Waals surface area contributed by atoms with Crippen LogP contribution >= 0.6 is 0 Å². The Hall–Kier alpha value is -2.62. The summed E-state index contributed by atoms with van der Waals surface area (Å²) in [4.78, 5) is 11.7. The Bertz CT molecular complexity index is 1030. The van der Waals surface area contributed by atoms with Gasteiger partial charge in [0.2, 0.25) is 10.0 Å². The highest BCUT2D eigenvalue weighted by atomic mass is 32.2. The number of piperidine rings is 1. The number of carbonyl (C=O) groups is 1. The van der Waals surface area contributed by atoms with Crippen LogP contribution in [0.15, 0.2) is 48.5 Å². The highest BCUT2D eigenvalue weighted by Gasteiger charge is 2.27. The summed E-state index contributed by atoms with van der Waals surface area (Å²) in [5, 5.41) is 7.23. The van der Waals surface area contributed by atoms with Gasteiger partial charge < -0.3 is 20.1 Å². The predicted octanol–water partition coefficient (Wildman–Crippen LogP) is 2.61. The lowest BCUT2D eigenvalue weighted by atomic mass is 9.92. The molecular formula is C24H33N3O5S. The van der Waals surface area contributed by atoms with E-state index in [9.17, 15) is 13.2 Å². The van der Waals surface area contributed by atoms with Gasteiger partial charge in [-0.3, -0.25) is 9.10 Å². The normalized spacial score (nSPS) is 18.5. The number of esters is 1. The molecule has 0 spiro atoms. The van der Waals surface area contributed by atoms with E-state index in [1.54, 1.807) is 32.2 Å². The van der Waals surface area contributed by atoms with Crippen LogP contribution in [0.1, 0.15) is 36.9 Å². The Morgan fingerprint density at radius 1 is 1.21 bits per heavy atom. The van der Waals surface area contributed by atoms with E-state index in [4.69, 9.17) is 9.47 Å². The molecule has 1 aliphatic heterocycles. The van der Waals surface area contributed by atoms with Gasteiger partial charge in [0.1, 0.15) is 5.75 Å². The first kappa shape index (κ1) is 25.0. The number of ether oxygens (including phenoxy) is 2. The minimum atomic E-state index is -3.86. The first-order valence-corrected chi connectivity index (χ1v) is 12.8. The number of anilines is 1. The second kappa shape index (κ2) is 11.5. The fraction of sp³-hybridized carbons (Fsp3) is 0.458. The molecule has 1 heterocycles. The van der Waals surface area contributed by atoms with E-state index in [0.29, 0.717) is 18.0 Å². The van der Waals surface area contributed by atoms with E-state index in [2.05, 4.69) is 22.8 Å². The maximum atomic E-state index is 12.7. The van der Waals surface area contributed by atoms with Crippen LogP contribution in [0.3, 0.4) is 0 Å². The molecule has 0 aliphatic carbocycles. The standard InChI is InChI=1S/C24H33N3O5S/c1-4-32-23(28)17-33(29,30)27(2)20-12-13-22(31-3)19(15-20)16-26-21-11-8-14-25-24(21)18-9-6-5-7-10-18/h5-7,9-10,12-13,15,21,24-26H,4,8,11,14,16-17H2,1-3H3. The van der Waals surface area contributed by atoms with Gasteiger partial charge in [0, 0.05) is 31.2 Å². The van der Waals surface area contributed by atoms with Crippen LogP contribution in [0.25, 0.3) is 0 Å². The van der Waals surface area contributed by atoms with Gasteiger partial charge in [0.15, 0.2) is 5.75 Å². The highest BCUT2D eigenvalue weighted by Crippen LogP contribution is 2.28. The summed E-state index contributed by atoms with van der Waals surface area (Å²) >= 11 is 0. The van der Waals surface area contributed by atoms with E-state index < -0.39 is 21.7 Å². The molecule has 2 aromatic carbocycles. The van der Waals surface area contributed by atoms with Crippen molar-refractivity contribution >= 4 is 21.7 Å². The zero-order valence-corrected chi connectivity index (χ0v) is 20.2. The summed E-state index contributed by atoms with van der Waals surface area (Å²) in [5.41, 5.74) is 2.53. The van der Waals surface area contributed by atoms with Crippen LogP contribution in [0.4, 0.5) is 5.69 Å². The number of benzene rings is 2. The molecule has 0 bridgehead atoms. The van der Waals surface area contributed by atoms with Crippen molar-refractivity contribution in [3.63, 3.8) is 0 Å². The first-order valence-electron chi connectivity index (χ1n) is 11.2. The van der Waals surface area contributed by atoms with Gasteiger partial charge in [-0.1, -0.05) is 30.3 Å². The molecule has 8 nitrogen and oxygen atoms in total. The number of methoxy groups -OCH3 is 1. The summed E-state index contributed by atoms with van der Waals surface area (Å²) < 4.78 is 36.7. The first-order chi connectivity index (χ1) is 15.9. The van der Waals surface area contributed by atoms with Gasteiger partial charge >= 0.3 is 5.97 Å². The summed E-state index contributed by atoms with van der Waals surface area (Å²) in [6, 6.07) is 16.0. The minimum absolute atomic E-state index is 0.135. The van der Waals surface area contributed by atoms with Crippen LogP contribution in [-0.2, 0) is 26.1 Å². The largest absolute Gasteiger partial charge is 0.496 e. The molecule has 1 saturated heterocycles. The minimum Gasteiger partial charge on any atom is -0.496 e. The zero-order chi connectivity index (χ0) is 23.8. The van der Waals surface area contributed by atoms with E-state index >= 15 is 0 Å². The number of hydrogen-bond acceptors (Lipinski definition) is 7. The smallest absolute Gasteiger partial charge is 0.323 e. The van der Waals surface area contributed by atoms with Crippen LogP contribution in [-0.4, -0.2) is 53.5 Å². The van der Waals surface area contributed by atoms with Crippen LogP contribution in [0, 0.1) is 0 Å². The van der Waals surface area contributed by atoms with Crippen molar-refractivity contribution in [3.05, 3.63) is 59.7 Å². The molecule has 1 aliphatic rings. The lowest BCUT2D eigenvalue weighted by molar-refractivity contribution is -0.139. The third-order valence-electron chi connectivity index (χ3n) is 5.82. The molecule has 3 rings (SSSR count). The van der Waals surface area contributed by atoms with Gasteiger partial charge in [-0.2, -0.15) is 0 Å². The third-order valence-corrected chi connectivity index (χ3v) is 7.47. The molecule has 2 atom stereocenters. The molecule has 0 radical (unpaired) electrons. The Labute approximate surface area is 196 Å². The van der Waals surface area contributed by atoms with Crippen molar-refractivity contribution < 1.29 is 22.7 Å². The van der Waals surface area contributed by atoms with Crippen molar-refractivity contribution in [1.82, 2.24) is 10.6 Å². The Morgan fingerprint density at radius 3 is 2.67 bits per heavy atom. The van der Waals surface area contributed by atoms with Crippen molar-refractivity contribution in [2.24, 2.45) is 0 Å². The molecule has 2 N–H and O–H groups in total. The second-order valence-electron chi connectivity index (χ2n) is 8.00. The number of carbonyl (C=O) groups excluding carboxylic acids is 1. The molecule has 0 aromatic heterocycles. The molecule has 33 heavy (non-hydrogen) atoms. The van der Waals surface area contributed by atoms with E-state index in [1.165, 1.54) is 12.6 Å². The topological polar surface area (TPSA) is 97.0 Å². The average molecular weight is 476 g/mol. The number of sulfonamides is 1. The zero-order valence-electron chi connectivity index (χ0n) is 19.4. The summed E-state index contributed by atoms with van der Waals surface area (Å²) in [6.45, 7) is 3.26. The van der Waals surface area contributed by atoms with Gasteiger partial charge in [0.25, 0.3) is 0 Å². The third kappa shape index (κ3) is 6.46. The molecule has 1 fully saturated rings. The molecular weight excluding hydrogens is 442 g/mol. The molecule has 180 valence electrons. The van der Waals surface area contributed by atoms with Gasteiger partial charge in [-0.15, -0.1) is 0 Å². The van der Waals surface area contributed by atoms with E-state index in [-0.39, 0.29) is 18.7 Å². The van der Waals surface area contributed by atoms with Crippen molar-refractivity contribution in [3.8, 4) is 5.75 Å². The molecule has 0 amide bonds. The van der Waals surface area contributed by atoms with Crippen molar-refractivity contribution in [2.45, 2.75) is 38.4 Å². The van der Waals surface area contributed by atoms with Gasteiger partial charge in [0.05, 0.1) is 19.4 Å². The molecule has 2 unspecified atom stereocenters. The van der Waals surface area contributed by atoms with Gasteiger partial charge in [-0.25, -0.2) is 8.42 Å². The lowest BCUT2D eigenvalue weighted by Gasteiger charge is -2.34. The van der Waals surface area contributed by atoms with Crippen molar-refractivity contribution in [2.75, 3.05) is 37.4 Å². The number of hydrogen-bond donors (Lipinski definition) is 2.